The van der Waals surface area contributed by atoms with Crippen LogP contribution >= 0.6 is 0 Å². The fourth-order valence-electron chi connectivity index (χ4n) is 4.59. The fraction of sp³-hybridized carbons (Fsp3) is 0.409. The molecule has 2 aromatic rings. The molecule has 0 heterocycles. The minimum Gasteiger partial charge on any atom is -0.349 e. The van der Waals surface area contributed by atoms with E-state index in [2.05, 4.69) is 5.32 Å². The summed E-state index contributed by atoms with van der Waals surface area (Å²) >= 11 is 0. The number of sulfonamides is 1. The van der Waals surface area contributed by atoms with Crippen molar-refractivity contribution in [1.82, 2.24) is 5.32 Å². The number of carbonyl (C=O) groups is 1. The molecule has 0 spiro atoms. The molecular weight excluding hydrogens is 391 g/mol. The smallest absolute Gasteiger partial charge is 0.264 e. The molecule has 2 aliphatic rings. The number of carbonyl (C=O) groups excluding carboxylic acids is 1. The van der Waals surface area contributed by atoms with Gasteiger partial charge in [-0.25, -0.2) is 12.8 Å². The molecule has 29 heavy (non-hydrogen) atoms. The van der Waals surface area contributed by atoms with Crippen LogP contribution in [0.25, 0.3) is 0 Å². The van der Waals surface area contributed by atoms with Crippen LogP contribution in [0.2, 0.25) is 0 Å². The van der Waals surface area contributed by atoms with E-state index in [0.717, 1.165) is 54.1 Å². The molecule has 0 aromatic heterocycles. The van der Waals surface area contributed by atoms with Gasteiger partial charge in [0, 0.05) is 5.54 Å². The van der Waals surface area contributed by atoms with Crippen molar-refractivity contribution in [3.05, 3.63) is 59.9 Å². The van der Waals surface area contributed by atoms with Gasteiger partial charge in [-0.2, -0.15) is 0 Å². The Bertz CT molecular complexity index is 995. The van der Waals surface area contributed by atoms with Crippen molar-refractivity contribution >= 4 is 21.6 Å². The van der Waals surface area contributed by atoms with Crippen LogP contribution in [0.15, 0.2) is 53.4 Å². The van der Waals surface area contributed by atoms with E-state index in [0.29, 0.717) is 11.6 Å². The first-order chi connectivity index (χ1) is 13.8. The van der Waals surface area contributed by atoms with Crippen LogP contribution in [0, 0.1) is 18.7 Å². The van der Waals surface area contributed by atoms with Gasteiger partial charge in [-0.3, -0.25) is 9.10 Å². The summed E-state index contributed by atoms with van der Waals surface area (Å²) < 4.78 is 41.0. The minimum atomic E-state index is -4.02. The van der Waals surface area contributed by atoms with E-state index < -0.39 is 15.8 Å². The summed E-state index contributed by atoms with van der Waals surface area (Å²) in [4.78, 5) is 12.8. The van der Waals surface area contributed by atoms with E-state index in [1.165, 1.54) is 12.1 Å². The summed E-state index contributed by atoms with van der Waals surface area (Å²) in [5.41, 5.74) is 1.21. The topological polar surface area (TPSA) is 66.5 Å². The molecule has 2 aliphatic carbocycles. The van der Waals surface area contributed by atoms with Crippen molar-refractivity contribution in [3.63, 3.8) is 0 Å². The summed E-state index contributed by atoms with van der Waals surface area (Å²) in [6, 6.07) is 11.6. The highest BCUT2D eigenvalue weighted by Gasteiger charge is 2.46. The molecular formula is C22H25FN2O3S. The molecule has 0 saturated heterocycles. The third-order valence-corrected chi connectivity index (χ3v) is 7.95. The van der Waals surface area contributed by atoms with Crippen LogP contribution < -0.4 is 9.62 Å². The number of benzene rings is 2. The molecule has 0 unspecified atom stereocenters. The van der Waals surface area contributed by atoms with Gasteiger partial charge in [-0.1, -0.05) is 17.7 Å². The molecule has 0 atom stereocenters. The molecule has 4 rings (SSSR count). The van der Waals surface area contributed by atoms with Crippen molar-refractivity contribution < 1.29 is 17.6 Å². The van der Waals surface area contributed by atoms with Crippen LogP contribution in [-0.2, 0) is 14.8 Å². The lowest BCUT2D eigenvalue weighted by Crippen LogP contribution is -2.50. The predicted octanol–water partition coefficient (Wildman–Crippen LogP) is 3.78. The molecule has 1 N–H and O–H groups in total. The highest BCUT2D eigenvalue weighted by Crippen LogP contribution is 2.47. The van der Waals surface area contributed by atoms with Gasteiger partial charge in [-0.15, -0.1) is 0 Å². The summed E-state index contributed by atoms with van der Waals surface area (Å²) in [6.45, 7) is 1.60. The lowest BCUT2D eigenvalue weighted by molar-refractivity contribution is -0.121. The number of aryl methyl sites for hydroxylation is 1. The molecule has 2 bridgehead atoms. The van der Waals surface area contributed by atoms with Crippen molar-refractivity contribution in [2.45, 2.75) is 49.5 Å². The molecule has 0 aliphatic heterocycles. The van der Waals surface area contributed by atoms with Crippen LogP contribution in [0.3, 0.4) is 0 Å². The van der Waals surface area contributed by atoms with Gasteiger partial charge < -0.3 is 5.32 Å². The van der Waals surface area contributed by atoms with E-state index in [4.69, 9.17) is 0 Å². The normalized spacial score (nSPS) is 23.2. The van der Waals surface area contributed by atoms with E-state index in [9.17, 15) is 17.6 Å². The first-order valence-electron chi connectivity index (χ1n) is 9.93. The zero-order valence-corrected chi connectivity index (χ0v) is 17.2. The molecule has 5 nitrogen and oxygen atoms in total. The number of nitrogens with zero attached hydrogens (tertiary/aromatic N) is 1. The monoisotopic (exact) mass is 416 g/mol. The second-order valence-electron chi connectivity index (χ2n) is 8.28. The van der Waals surface area contributed by atoms with Gasteiger partial charge in [0.1, 0.15) is 12.4 Å². The molecule has 2 saturated carbocycles. The molecule has 154 valence electrons. The van der Waals surface area contributed by atoms with Crippen LogP contribution in [0.4, 0.5) is 10.1 Å². The average molecular weight is 417 g/mol. The van der Waals surface area contributed by atoms with Gasteiger partial charge in [0.25, 0.3) is 10.0 Å². The van der Waals surface area contributed by atoms with Gasteiger partial charge in [0.2, 0.25) is 5.91 Å². The Hall–Kier alpha value is -2.41. The Kier molecular flexibility index (Phi) is 5.11. The van der Waals surface area contributed by atoms with Crippen molar-refractivity contribution in [2.24, 2.45) is 5.92 Å². The van der Waals surface area contributed by atoms with Crippen molar-refractivity contribution in [3.8, 4) is 0 Å². The second-order valence-corrected chi connectivity index (χ2v) is 10.1. The molecule has 7 heteroatoms. The van der Waals surface area contributed by atoms with Gasteiger partial charge >= 0.3 is 0 Å². The maximum Gasteiger partial charge on any atom is 0.264 e. The van der Waals surface area contributed by atoms with E-state index in [1.54, 1.807) is 24.3 Å². The number of fused-ring (bicyclic) bond motifs is 2. The zero-order chi connectivity index (χ0) is 20.6. The first-order valence-corrected chi connectivity index (χ1v) is 11.4. The van der Waals surface area contributed by atoms with E-state index in [1.807, 2.05) is 6.92 Å². The predicted molar refractivity (Wildman–Crippen MR) is 110 cm³/mol. The lowest BCUT2D eigenvalue weighted by atomic mass is 9.94. The highest BCUT2D eigenvalue weighted by molar-refractivity contribution is 7.92. The molecule has 0 radical (unpaired) electrons. The van der Waals surface area contributed by atoms with E-state index in [-0.39, 0.29) is 22.9 Å². The lowest BCUT2D eigenvalue weighted by Gasteiger charge is -2.30. The summed E-state index contributed by atoms with van der Waals surface area (Å²) in [5, 5.41) is 3.12. The molecule has 2 aromatic carbocycles. The number of anilines is 1. The molecule has 1 amide bonds. The summed E-state index contributed by atoms with van der Waals surface area (Å²) in [6.07, 6.45) is 5.14. The third kappa shape index (κ3) is 4.01. The number of hydrogen-bond donors (Lipinski definition) is 1. The van der Waals surface area contributed by atoms with Crippen molar-refractivity contribution in [2.75, 3.05) is 10.8 Å². The number of amides is 1. The quantitative estimate of drug-likeness (QED) is 0.779. The zero-order valence-electron chi connectivity index (χ0n) is 16.4. The number of rotatable bonds is 6. The highest BCUT2D eigenvalue weighted by atomic mass is 32.2. The number of halogens is 1. The van der Waals surface area contributed by atoms with Gasteiger partial charge in [-0.05, 0) is 81.3 Å². The summed E-state index contributed by atoms with van der Waals surface area (Å²) in [5.74, 6) is -0.148. The Morgan fingerprint density at radius 3 is 2.28 bits per heavy atom. The number of nitrogens with one attached hydrogen (secondary N) is 1. The third-order valence-electron chi connectivity index (χ3n) is 6.16. The minimum absolute atomic E-state index is 0.0489. The van der Waals surface area contributed by atoms with Gasteiger partial charge in [0.15, 0.2) is 0 Å². The van der Waals surface area contributed by atoms with Crippen LogP contribution in [0.1, 0.15) is 37.7 Å². The second kappa shape index (κ2) is 7.44. The Balaban J connectivity index is 1.62. The maximum atomic E-state index is 13.3. The Labute approximate surface area is 171 Å². The van der Waals surface area contributed by atoms with E-state index >= 15 is 0 Å². The van der Waals surface area contributed by atoms with Crippen LogP contribution in [-0.4, -0.2) is 26.4 Å². The van der Waals surface area contributed by atoms with Crippen molar-refractivity contribution in [1.29, 1.82) is 0 Å². The Morgan fingerprint density at radius 1 is 1.10 bits per heavy atom. The average Bonchev–Trinajstić information content (AvgIpc) is 3.27. The van der Waals surface area contributed by atoms with Gasteiger partial charge in [0.05, 0.1) is 10.6 Å². The molecule has 2 fully saturated rings. The Morgan fingerprint density at radius 2 is 1.72 bits per heavy atom. The fourth-order valence-corrected chi connectivity index (χ4v) is 6.01. The van der Waals surface area contributed by atoms with Crippen LogP contribution in [0.5, 0.6) is 0 Å². The largest absolute Gasteiger partial charge is 0.349 e. The first kappa shape index (κ1) is 19.9. The maximum absolute atomic E-state index is 13.3. The standard InChI is InChI=1S/C22H25FN2O3S/c1-16-2-6-19(7-3-16)25(29(27,28)20-8-4-18(23)5-9-20)15-21(26)24-22-12-10-17(14-22)11-13-22/h2-9,17H,10-15H2,1H3,(H,24,26). The summed E-state index contributed by atoms with van der Waals surface area (Å²) in [7, 11) is -4.02. The number of hydrogen-bond acceptors (Lipinski definition) is 3. The SMILES string of the molecule is Cc1ccc(N(CC(=O)NC23CCC(CC2)C3)S(=O)(=O)c2ccc(F)cc2)cc1.